The Hall–Kier alpha value is -2.94. The van der Waals surface area contributed by atoms with Crippen molar-refractivity contribution < 1.29 is 19.1 Å². The summed E-state index contributed by atoms with van der Waals surface area (Å²) in [5.74, 6) is 0.948. The molecular weight excluding hydrogens is 344 g/mol. The lowest BCUT2D eigenvalue weighted by atomic mass is 10.1. The van der Waals surface area contributed by atoms with Gasteiger partial charge in [-0.1, -0.05) is 0 Å². The van der Waals surface area contributed by atoms with Gasteiger partial charge in [-0.25, -0.2) is 9.99 Å². The van der Waals surface area contributed by atoms with Crippen molar-refractivity contribution in [2.45, 2.75) is 12.8 Å². The smallest absolute Gasteiger partial charge is 0.273 e. The number of hydrazone groups is 1. The van der Waals surface area contributed by atoms with Crippen LogP contribution in [0.25, 0.3) is 11.3 Å². The van der Waals surface area contributed by atoms with Crippen LogP contribution in [0.4, 0.5) is 5.13 Å². The van der Waals surface area contributed by atoms with Crippen LogP contribution in [0, 0.1) is 0 Å². The van der Waals surface area contributed by atoms with Gasteiger partial charge in [0, 0.05) is 30.8 Å². The van der Waals surface area contributed by atoms with Gasteiger partial charge in [-0.3, -0.25) is 14.9 Å². The van der Waals surface area contributed by atoms with E-state index in [0.717, 1.165) is 11.3 Å². The van der Waals surface area contributed by atoms with Crippen molar-refractivity contribution in [3.63, 3.8) is 0 Å². The van der Waals surface area contributed by atoms with Crippen molar-refractivity contribution in [2.75, 3.05) is 19.2 Å². The maximum Gasteiger partial charge on any atom is 0.273 e. The highest BCUT2D eigenvalue weighted by atomic mass is 32.1. The van der Waals surface area contributed by atoms with Gasteiger partial charge in [0.05, 0.1) is 5.69 Å². The molecule has 2 aromatic rings. The molecule has 0 fully saturated rings. The molecule has 0 atom stereocenters. The van der Waals surface area contributed by atoms with Crippen LogP contribution >= 0.6 is 11.3 Å². The van der Waals surface area contributed by atoms with E-state index in [-0.39, 0.29) is 25.0 Å². The quantitative estimate of drug-likeness (QED) is 0.907. The molecule has 1 aromatic carbocycles. The van der Waals surface area contributed by atoms with Crippen LogP contribution in [0.1, 0.15) is 12.8 Å². The van der Waals surface area contributed by atoms with Gasteiger partial charge in [0.1, 0.15) is 5.71 Å². The molecule has 2 amide bonds. The Labute approximate surface area is 147 Å². The van der Waals surface area contributed by atoms with Crippen LogP contribution in [0.3, 0.4) is 0 Å². The van der Waals surface area contributed by atoms with Gasteiger partial charge in [0.15, 0.2) is 16.6 Å². The number of carbonyl (C=O) groups is 2. The fourth-order valence-corrected chi connectivity index (χ4v) is 3.24. The first-order chi connectivity index (χ1) is 12.1. The number of carbonyl (C=O) groups excluding carboxylic acids is 2. The van der Waals surface area contributed by atoms with E-state index in [1.807, 2.05) is 23.6 Å². The minimum absolute atomic E-state index is 0.101. The van der Waals surface area contributed by atoms with Gasteiger partial charge < -0.3 is 9.47 Å². The third-order valence-electron chi connectivity index (χ3n) is 3.86. The van der Waals surface area contributed by atoms with Crippen molar-refractivity contribution in [2.24, 2.45) is 5.10 Å². The molecule has 0 saturated carbocycles. The number of nitrogens with one attached hydrogen (secondary N) is 1. The van der Waals surface area contributed by atoms with E-state index >= 15 is 0 Å². The molecule has 1 aromatic heterocycles. The number of hydrogen-bond donors (Lipinski definition) is 1. The Morgan fingerprint density at radius 1 is 1.28 bits per heavy atom. The van der Waals surface area contributed by atoms with Crippen molar-refractivity contribution in [3.8, 4) is 22.8 Å². The summed E-state index contributed by atoms with van der Waals surface area (Å²) in [7, 11) is 1.54. The molecule has 0 saturated heterocycles. The molecule has 0 radical (unpaired) electrons. The molecular formula is C16H14N4O4S. The summed E-state index contributed by atoms with van der Waals surface area (Å²) in [6, 6.07) is 5.58. The lowest BCUT2D eigenvalue weighted by molar-refractivity contribution is -0.130. The lowest BCUT2D eigenvalue weighted by Gasteiger charge is -2.18. The average Bonchev–Trinajstić information content (AvgIpc) is 3.25. The zero-order chi connectivity index (χ0) is 17.4. The predicted octanol–water partition coefficient (Wildman–Crippen LogP) is 2.09. The minimum atomic E-state index is -0.342. The summed E-state index contributed by atoms with van der Waals surface area (Å²) < 4.78 is 10.7. The molecule has 9 heteroatoms. The fraction of sp³-hybridized carbons (Fsp3) is 0.250. The Morgan fingerprint density at radius 2 is 2.12 bits per heavy atom. The first kappa shape index (κ1) is 15.6. The molecule has 0 bridgehead atoms. The molecule has 2 aliphatic heterocycles. The predicted molar refractivity (Wildman–Crippen MR) is 91.7 cm³/mol. The van der Waals surface area contributed by atoms with Crippen LogP contribution in [-0.2, 0) is 9.59 Å². The highest BCUT2D eigenvalue weighted by molar-refractivity contribution is 7.14. The third kappa shape index (κ3) is 3.05. The normalized spacial score (nSPS) is 16.0. The second-order valence-electron chi connectivity index (χ2n) is 5.52. The average molecular weight is 358 g/mol. The van der Waals surface area contributed by atoms with E-state index in [1.165, 1.54) is 23.4 Å². The first-order valence-corrected chi connectivity index (χ1v) is 8.49. The standard InChI is InChI=1S/C16H14N4O4S/c1-20-14(21)5-3-10(19-20)15(22)18-16-17-11(7-25-16)9-2-4-12-13(6-9)24-8-23-12/h2,4,6-7H,3,5,8H2,1H3,(H,17,18,22). The Balaban J connectivity index is 1.49. The van der Waals surface area contributed by atoms with Crippen LogP contribution in [0.15, 0.2) is 28.7 Å². The maximum atomic E-state index is 12.3. The first-order valence-electron chi connectivity index (χ1n) is 7.61. The van der Waals surface area contributed by atoms with Crippen molar-refractivity contribution >= 4 is 34.0 Å². The number of fused-ring (bicyclic) bond motifs is 1. The van der Waals surface area contributed by atoms with E-state index in [0.29, 0.717) is 28.8 Å². The van der Waals surface area contributed by atoms with Gasteiger partial charge in [0.2, 0.25) is 12.7 Å². The number of rotatable bonds is 3. The van der Waals surface area contributed by atoms with Gasteiger partial charge >= 0.3 is 0 Å². The number of benzene rings is 1. The van der Waals surface area contributed by atoms with Crippen LogP contribution in [0.5, 0.6) is 11.5 Å². The summed E-state index contributed by atoms with van der Waals surface area (Å²) in [6.45, 7) is 0.218. The van der Waals surface area contributed by atoms with Crippen molar-refractivity contribution in [1.82, 2.24) is 9.99 Å². The van der Waals surface area contributed by atoms with E-state index in [4.69, 9.17) is 9.47 Å². The van der Waals surface area contributed by atoms with Gasteiger partial charge in [-0.15, -0.1) is 11.3 Å². The number of anilines is 1. The molecule has 0 unspecified atom stereocenters. The zero-order valence-corrected chi connectivity index (χ0v) is 14.1. The number of aromatic nitrogens is 1. The van der Waals surface area contributed by atoms with Gasteiger partial charge in [0.25, 0.3) is 5.91 Å². The molecule has 1 N–H and O–H groups in total. The summed E-state index contributed by atoms with van der Waals surface area (Å²) in [5.41, 5.74) is 1.93. The Bertz CT molecular complexity index is 892. The zero-order valence-electron chi connectivity index (χ0n) is 13.3. The fourth-order valence-electron chi connectivity index (χ4n) is 2.52. The van der Waals surface area contributed by atoms with Gasteiger partial charge in [-0.05, 0) is 18.2 Å². The topological polar surface area (TPSA) is 93.1 Å². The van der Waals surface area contributed by atoms with E-state index < -0.39 is 0 Å². The summed E-state index contributed by atoms with van der Waals surface area (Å²) in [4.78, 5) is 28.1. The van der Waals surface area contributed by atoms with Crippen LogP contribution in [0.2, 0.25) is 0 Å². The number of amides is 2. The number of ether oxygens (including phenoxy) is 2. The SMILES string of the molecule is CN1N=C(C(=O)Nc2nc(-c3ccc4c(c3)OCO4)cs2)CCC1=O. The highest BCUT2D eigenvalue weighted by Gasteiger charge is 2.23. The number of nitrogens with zero attached hydrogens (tertiary/aromatic N) is 3. The van der Waals surface area contributed by atoms with Gasteiger partial charge in [-0.2, -0.15) is 5.10 Å². The molecule has 8 nitrogen and oxygen atoms in total. The Kier molecular flexibility index (Phi) is 3.85. The highest BCUT2D eigenvalue weighted by Crippen LogP contribution is 2.36. The monoisotopic (exact) mass is 358 g/mol. The summed E-state index contributed by atoms with van der Waals surface area (Å²) in [5, 5.41) is 10.2. The second kappa shape index (κ2) is 6.17. The van der Waals surface area contributed by atoms with Crippen molar-refractivity contribution in [1.29, 1.82) is 0 Å². The van der Waals surface area contributed by atoms with E-state index in [2.05, 4.69) is 15.4 Å². The molecule has 128 valence electrons. The van der Waals surface area contributed by atoms with Crippen molar-refractivity contribution in [3.05, 3.63) is 23.6 Å². The maximum absolute atomic E-state index is 12.3. The molecule has 2 aliphatic rings. The molecule has 3 heterocycles. The van der Waals surface area contributed by atoms with Crippen LogP contribution < -0.4 is 14.8 Å². The van der Waals surface area contributed by atoms with Crippen LogP contribution in [-0.4, -0.2) is 41.4 Å². The van der Waals surface area contributed by atoms with E-state index in [9.17, 15) is 9.59 Å². The summed E-state index contributed by atoms with van der Waals surface area (Å²) in [6.07, 6.45) is 0.610. The third-order valence-corrected chi connectivity index (χ3v) is 4.62. The molecule has 4 rings (SSSR count). The summed E-state index contributed by atoms with van der Waals surface area (Å²) >= 11 is 1.32. The molecule has 0 aliphatic carbocycles. The molecule has 0 spiro atoms. The second-order valence-corrected chi connectivity index (χ2v) is 6.38. The largest absolute Gasteiger partial charge is 0.454 e. The minimum Gasteiger partial charge on any atom is -0.454 e. The number of hydrogen-bond acceptors (Lipinski definition) is 7. The Morgan fingerprint density at radius 3 is 2.96 bits per heavy atom. The molecule has 25 heavy (non-hydrogen) atoms. The number of thiazole rings is 1. The van der Waals surface area contributed by atoms with E-state index in [1.54, 1.807) is 0 Å². The lowest BCUT2D eigenvalue weighted by Crippen LogP contribution is -2.34.